The van der Waals surface area contributed by atoms with Gasteiger partial charge in [0.2, 0.25) is 0 Å². The van der Waals surface area contributed by atoms with E-state index >= 15 is 0 Å². The smallest absolute Gasteiger partial charge is 0.303 e. The van der Waals surface area contributed by atoms with Gasteiger partial charge in [0.15, 0.2) is 0 Å². The Hall–Kier alpha value is -1.57. The van der Waals surface area contributed by atoms with E-state index in [1.807, 2.05) is 32.0 Å². The van der Waals surface area contributed by atoms with E-state index in [-0.39, 0.29) is 12.3 Å². The van der Waals surface area contributed by atoms with Gasteiger partial charge in [0.25, 0.3) is 0 Å². The van der Waals surface area contributed by atoms with Crippen molar-refractivity contribution in [2.24, 2.45) is 5.92 Å². The van der Waals surface area contributed by atoms with Crippen molar-refractivity contribution in [2.45, 2.75) is 33.1 Å². The number of benzene rings is 1. The molecule has 0 radical (unpaired) electrons. The molecule has 92 valence electrons. The van der Waals surface area contributed by atoms with E-state index < -0.39 is 5.97 Å². The maximum atomic E-state index is 10.6. The van der Waals surface area contributed by atoms with Gasteiger partial charge in [-0.3, -0.25) is 4.79 Å². The first-order valence-electron chi connectivity index (χ1n) is 5.95. The molecule has 2 atom stereocenters. The van der Waals surface area contributed by atoms with Gasteiger partial charge in [-0.15, -0.1) is 0 Å². The highest BCUT2D eigenvalue weighted by Crippen LogP contribution is 2.22. The zero-order valence-corrected chi connectivity index (χ0v) is 10.7. The van der Waals surface area contributed by atoms with Crippen LogP contribution in [0.25, 0.3) is 0 Å². The molecule has 2 heteroatoms. The van der Waals surface area contributed by atoms with Crippen molar-refractivity contribution in [3.8, 4) is 0 Å². The Morgan fingerprint density at radius 3 is 2.41 bits per heavy atom. The second kappa shape index (κ2) is 6.24. The van der Waals surface area contributed by atoms with Gasteiger partial charge in [0, 0.05) is 0 Å². The fraction of sp³-hybridized carbons (Fsp3) is 0.400. The van der Waals surface area contributed by atoms with Crippen LogP contribution in [-0.4, -0.2) is 11.1 Å². The monoisotopic (exact) mass is 232 g/mol. The molecule has 0 aliphatic heterocycles. The van der Waals surface area contributed by atoms with E-state index in [1.54, 1.807) is 0 Å². The van der Waals surface area contributed by atoms with Crippen LogP contribution in [0.3, 0.4) is 0 Å². The highest BCUT2D eigenvalue weighted by Gasteiger charge is 2.10. The Morgan fingerprint density at radius 1 is 1.29 bits per heavy atom. The van der Waals surface area contributed by atoms with Crippen molar-refractivity contribution in [3.05, 3.63) is 47.5 Å². The molecule has 0 aliphatic carbocycles. The molecular weight excluding hydrogens is 212 g/mol. The molecule has 0 aliphatic rings. The minimum atomic E-state index is -0.738. The van der Waals surface area contributed by atoms with Crippen LogP contribution in [0.5, 0.6) is 0 Å². The summed E-state index contributed by atoms with van der Waals surface area (Å²) in [6, 6.07) is 10.2. The number of carboxylic acid groups (broad SMARTS) is 1. The highest BCUT2D eigenvalue weighted by atomic mass is 16.4. The molecule has 0 bridgehead atoms. The summed E-state index contributed by atoms with van der Waals surface area (Å²) >= 11 is 0. The van der Waals surface area contributed by atoms with Gasteiger partial charge in [-0.1, -0.05) is 55.8 Å². The number of hydrogen-bond donors (Lipinski definition) is 1. The standard InChI is InChI=1S/C15H20O2/c1-11(12(2)10-15(16)17)9-13(3)14-7-5-4-6-8-14/h4-9,12-13H,10H2,1-3H3,(H,16,17). The minimum Gasteiger partial charge on any atom is -0.481 e. The molecule has 17 heavy (non-hydrogen) atoms. The Bertz CT molecular complexity index is 393. The zero-order valence-electron chi connectivity index (χ0n) is 10.7. The summed E-state index contributed by atoms with van der Waals surface area (Å²) in [5.74, 6) is -0.316. The van der Waals surface area contributed by atoms with Crippen LogP contribution >= 0.6 is 0 Å². The summed E-state index contributed by atoms with van der Waals surface area (Å²) in [6.07, 6.45) is 2.35. The number of carbonyl (C=O) groups is 1. The number of rotatable bonds is 5. The molecule has 1 aromatic carbocycles. The van der Waals surface area contributed by atoms with Crippen LogP contribution in [0.15, 0.2) is 42.0 Å². The summed E-state index contributed by atoms with van der Waals surface area (Å²) in [7, 11) is 0. The molecule has 0 heterocycles. The van der Waals surface area contributed by atoms with Crippen LogP contribution in [0.2, 0.25) is 0 Å². The maximum Gasteiger partial charge on any atom is 0.303 e. The fourth-order valence-corrected chi connectivity index (χ4v) is 1.83. The van der Waals surface area contributed by atoms with E-state index in [9.17, 15) is 4.79 Å². The fourth-order valence-electron chi connectivity index (χ4n) is 1.83. The normalized spacial score (nSPS) is 15.4. The Morgan fingerprint density at radius 2 is 1.88 bits per heavy atom. The molecule has 0 spiro atoms. The van der Waals surface area contributed by atoms with Crippen LogP contribution in [-0.2, 0) is 4.79 Å². The molecular formula is C15H20O2. The average molecular weight is 232 g/mol. The van der Waals surface area contributed by atoms with Gasteiger partial charge in [-0.05, 0) is 24.3 Å². The molecule has 1 N–H and O–H groups in total. The lowest BCUT2D eigenvalue weighted by Gasteiger charge is -2.13. The first kappa shape index (κ1) is 13.5. The van der Waals surface area contributed by atoms with Gasteiger partial charge >= 0.3 is 5.97 Å². The van der Waals surface area contributed by atoms with Crippen molar-refractivity contribution in [1.82, 2.24) is 0 Å². The topological polar surface area (TPSA) is 37.3 Å². The minimum absolute atomic E-state index is 0.0960. The highest BCUT2D eigenvalue weighted by molar-refractivity contribution is 5.67. The van der Waals surface area contributed by atoms with Crippen LogP contribution in [0.1, 0.15) is 38.7 Å². The third-order valence-corrected chi connectivity index (χ3v) is 3.10. The number of aliphatic carboxylic acids is 1. The van der Waals surface area contributed by atoms with Crippen molar-refractivity contribution in [1.29, 1.82) is 0 Å². The summed E-state index contributed by atoms with van der Waals surface area (Å²) in [6.45, 7) is 6.09. The van der Waals surface area contributed by atoms with E-state index in [1.165, 1.54) is 5.56 Å². The van der Waals surface area contributed by atoms with Crippen molar-refractivity contribution >= 4 is 5.97 Å². The summed E-state index contributed by atoms with van der Waals surface area (Å²) < 4.78 is 0. The average Bonchev–Trinajstić information content (AvgIpc) is 2.29. The van der Waals surface area contributed by atoms with E-state index in [0.29, 0.717) is 5.92 Å². The van der Waals surface area contributed by atoms with E-state index in [0.717, 1.165) is 5.57 Å². The maximum absolute atomic E-state index is 10.6. The molecule has 2 nitrogen and oxygen atoms in total. The molecule has 2 unspecified atom stereocenters. The van der Waals surface area contributed by atoms with Gasteiger partial charge in [-0.25, -0.2) is 0 Å². The predicted molar refractivity (Wildman–Crippen MR) is 70.0 cm³/mol. The quantitative estimate of drug-likeness (QED) is 0.783. The Kier molecular flexibility index (Phi) is 4.95. The molecule has 0 aromatic heterocycles. The summed E-state index contributed by atoms with van der Waals surface area (Å²) in [5, 5.41) is 8.76. The SMILES string of the molecule is CC(=CC(C)c1ccccc1)C(C)CC(=O)O. The molecule has 0 fully saturated rings. The van der Waals surface area contributed by atoms with E-state index in [4.69, 9.17) is 5.11 Å². The first-order chi connectivity index (χ1) is 8.00. The molecule has 0 saturated heterocycles. The summed E-state index contributed by atoms with van der Waals surface area (Å²) in [4.78, 5) is 10.6. The number of allylic oxidation sites excluding steroid dienone is 2. The predicted octanol–water partition coefficient (Wildman–Crippen LogP) is 3.85. The van der Waals surface area contributed by atoms with E-state index in [2.05, 4.69) is 25.1 Å². The zero-order chi connectivity index (χ0) is 12.8. The third kappa shape index (κ3) is 4.43. The Labute approximate surface area is 103 Å². The number of carboxylic acids is 1. The van der Waals surface area contributed by atoms with Crippen molar-refractivity contribution in [2.75, 3.05) is 0 Å². The van der Waals surface area contributed by atoms with Gasteiger partial charge in [-0.2, -0.15) is 0 Å². The van der Waals surface area contributed by atoms with Crippen molar-refractivity contribution < 1.29 is 9.90 Å². The molecule has 1 aromatic rings. The third-order valence-electron chi connectivity index (χ3n) is 3.10. The first-order valence-corrected chi connectivity index (χ1v) is 5.95. The van der Waals surface area contributed by atoms with Crippen LogP contribution in [0, 0.1) is 5.92 Å². The van der Waals surface area contributed by atoms with Gasteiger partial charge in [0.1, 0.15) is 0 Å². The largest absolute Gasteiger partial charge is 0.481 e. The molecule has 0 amide bonds. The van der Waals surface area contributed by atoms with Gasteiger partial charge in [0.05, 0.1) is 6.42 Å². The van der Waals surface area contributed by atoms with Crippen molar-refractivity contribution in [3.63, 3.8) is 0 Å². The second-order valence-corrected chi connectivity index (χ2v) is 4.61. The molecule has 0 saturated carbocycles. The van der Waals surface area contributed by atoms with Gasteiger partial charge < -0.3 is 5.11 Å². The lowest BCUT2D eigenvalue weighted by molar-refractivity contribution is -0.137. The number of hydrogen-bond acceptors (Lipinski definition) is 1. The van der Waals surface area contributed by atoms with Crippen LogP contribution < -0.4 is 0 Å². The second-order valence-electron chi connectivity index (χ2n) is 4.61. The lowest BCUT2D eigenvalue weighted by Crippen LogP contribution is -2.06. The lowest BCUT2D eigenvalue weighted by atomic mass is 9.92. The van der Waals surface area contributed by atoms with Crippen LogP contribution in [0.4, 0.5) is 0 Å². The molecule has 1 rings (SSSR count). The Balaban J connectivity index is 2.71. The summed E-state index contributed by atoms with van der Waals surface area (Å²) in [5.41, 5.74) is 2.40.